The Morgan fingerprint density at radius 2 is 1.90 bits per heavy atom. The molecule has 1 saturated heterocycles. The van der Waals surface area contributed by atoms with Crippen LogP contribution in [-0.2, 0) is 12.8 Å². The van der Waals surface area contributed by atoms with Gasteiger partial charge < -0.3 is 15.1 Å². The number of rotatable bonds is 6. The molecule has 2 aromatic heterocycles. The molecular formula is C23H35N5OS. The maximum Gasteiger partial charge on any atom is 0.317 e. The van der Waals surface area contributed by atoms with Crippen LogP contribution < -0.4 is 10.2 Å². The van der Waals surface area contributed by atoms with E-state index in [1.54, 1.807) is 0 Å². The fraction of sp³-hybridized carbons (Fsp3) is 0.696. The Kier molecular flexibility index (Phi) is 6.76. The molecule has 4 rings (SSSR count). The van der Waals surface area contributed by atoms with Gasteiger partial charge in [0.05, 0.1) is 5.39 Å². The average Bonchev–Trinajstić information content (AvgIpc) is 3.16. The molecule has 6 nitrogen and oxygen atoms in total. The molecule has 0 spiro atoms. The summed E-state index contributed by atoms with van der Waals surface area (Å²) < 4.78 is 0. The summed E-state index contributed by atoms with van der Waals surface area (Å²) in [5, 5.41) is 4.34. The molecule has 2 aliphatic rings. The van der Waals surface area contributed by atoms with Crippen molar-refractivity contribution < 1.29 is 4.79 Å². The van der Waals surface area contributed by atoms with Gasteiger partial charge in [-0.15, -0.1) is 11.3 Å². The second kappa shape index (κ2) is 9.50. The number of hydrogen-bond acceptors (Lipinski definition) is 5. The average molecular weight is 430 g/mol. The molecule has 1 atom stereocenters. The smallest absolute Gasteiger partial charge is 0.317 e. The predicted molar refractivity (Wildman–Crippen MR) is 125 cm³/mol. The fourth-order valence-electron chi connectivity index (χ4n) is 4.39. The largest absolute Gasteiger partial charge is 0.352 e. The molecule has 0 radical (unpaired) electrons. The molecule has 164 valence electrons. The van der Waals surface area contributed by atoms with Crippen LogP contribution in [0.1, 0.15) is 75.1 Å². The van der Waals surface area contributed by atoms with Gasteiger partial charge in [0.1, 0.15) is 16.5 Å². The highest BCUT2D eigenvalue weighted by Gasteiger charge is 2.28. The third kappa shape index (κ3) is 4.27. The second-order valence-corrected chi connectivity index (χ2v) is 9.75. The summed E-state index contributed by atoms with van der Waals surface area (Å²) >= 11 is 1.88. The Labute approximate surface area is 184 Å². The molecular weight excluding hydrogens is 394 g/mol. The molecule has 7 heteroatoms. The van der Waals surface area contributed by atoms with Gasteiger partial charge in [-0.3, -0.25) is 0 Å². The van der Waals surface area contributed by atoms with E-state index in [0.717, 1.165) is 70.0 Å². The Balaban J connectivity index is 1.59. The van der Waals surface area contributed by atoms with Crippen LogP contribution in [0.3, 0.4) is 0 Å². The highest BCUT2D eigenvalue weighted by molar-refractivity contribution is 7.19. The number of nitrogens with zero attached hydrogens (tertiary/aromatic N) is 4. The number of thiophene rings is 1. The van der Waals surface area contributed by atoms with Gasteiger partial charge in [0, 0.05) is 43.5 Å². The minimum Gasteiger partial charge on any atom is -0.352 e. The van der Waals surface area contributed by atoms with Crippen molar-refractivity contribution in [3.05, 3.63) is 16.3 Å². The fourth-order valence-corrected chi connectivity index (χ4v) is 5.65. The van der Waals surface area contributed by atoms with Crippen molar-refractivity contribution in [3.8, 4) is 0 Å². The molecule has 30 heavy (non-hydrogen) atoms. The minimum absolute atomic E-state index is 0.0733. The van der Waals surface area contributed by atoms with Gasteiger partial charge in [0.15, 0.2) is 0 Å². The summed E-state index contributed by atoms with van der Waals surface area (Å²) in [6.07, 6.45) is 8.05. The van der Waals surface area contributed by atoms with Crippen molar-refractivity contribution in [2.45, 2.75) is 71.6 Å². The SMILES string of the molecule is CCCCNC(=O)N1CCN(c2nc([C@H](C)CC)nc3sc4c(c23)CCCC4)CC1. The van der Waals surface area contributed by atoms with E-state index in [1.807, 2.05) is 16.2 Å². The molecule has 2 aromatic rings. The molecule has 0 unspecified atom stereocenters. The number of fused-ring (bicyclic) bond motifs is 3. The molecule has 1 fully saturated rings. The molecule has 2 amide bonds. The van der Waals surface area contributed by atoms with E-state index in [1.165, 1.54) is 39.9 Å². The number of urea groups is 1. The number of anilines is 1. The van der Waals surface area contributed by atoms with E-state index in [-0.39, 0.29) is 6.03 Å². The van der Waals surface area contributed by atoms with Crippen LogP contribution in [0.2, 0.25) is 0 Å². The molecule has 0 bridgehead atoms. The summed E-state index contributed by atoms with van der Waals surface area (Å²) in [5.41, 5.74) is 1.49. The first-order chi connectivity index (χ1) is 14.6. The van der Waals surface area contributed by atoms with Crippen LogP contribution in [0.4, 0.5) is 10.6 Å². The third-order valence-corrected chi connectivity index (χ3v) is 7.72. The monoisotopic (exact) mass is 429 g/mol. The zero-order valence-electron chi connectivity index (χ0n) is 18.7. The van der Waals surface area contributed by atoms with Crippen LogP contribution in [-0.4, -0.2) is 53.6 Å². The molecule has 0 aromatic carbocycles. The van der Waals surface area contributed by atoms with Crippen LogP contribution in [0.25, 0.3) is 10.2 Å². The number of carbonyl (C=O) groups excluding carboxylic acids is 1. The lowest BCUT2D eigenvalue weighted by molar-refractivity contribution is 0.194. The summed E-state index contributed by atoms with van der Waals surface area (Å²) in [4.78, 5) is 29.6. The quantitative estimate of drug-likeness (QED) is 0.675. The number of aryl methyl sites for hydroxylation is 2. The second-order valence-electron chi connectivity index (χ2n) is 8.67. The molecule has 3 heterocycles. The molecule has 1 aliphatic carbocycles. The van der Waals surface area contributed by atoms with Gasteiger partial charge in [-0.25, -0.2) is 14.8 Å². The first-order valence-electron chi connectivity index (χ1n) is 11.7. The van der Waals surface area contributed by atoms with Crippen molar-refractivity contribution in [3.63, 3.8) is 0 Å². The standard InChI is InChI=1S/C23H35N5OS/c1-4-6-11-24-23(29)28-14-12-27(13-15-28)21-19-17-9-7-8-10-18(17)30-22(19)26-20(25-21)16(3)5-2/h16H,4-15H2,1-3H3,(H,24,29)/t16-/m1/s1. The Morgan fingerprint density at radius 1 is 1.13 bits per heavy atom. The maximum absolute atomic E-state index is 12.4. The number of hydrogen-bond donors (Lipinski definition) is 1. The van der Waals surface area contributed by atoms with Gasteiger partial charge in [0.25, 0.3) is 0 Å². The maximum atomic E-state index is 12.4. The number of nitrogens with one attached hydrogen (secondary N) is 1. The van der Waals surface area contributed by atoms with E-state index in [9.17, 15) is 4.79 Å². The summed E-state index contributed by atoms with van der Waals surface area (Å²) in [5.74, 6) is 2.44. The van der Waals surface area contributed by atoms with E-state index in [4.69, 9.17) is 9.97 Å². The van der Waals surface area contributed by atoms with E-state index >= 15 is 0 Å². The number of unbranched alkanes of at least 4 members (excludes halogenated alkanes) is 1. The topological polar surface area (TPSA) is 61.4 Å². The minimum atomic E-state index is 0.0733. The zero-order valence-corrected chi connectivity index (χ0v) is 19.5. The van der Waals surface area contributed by atoms with Crippen molar-refractivity contribution >= 4 is 33.4 Å². The summed E-state index contributed by atoms with van der Waals surface area (Å²) in [6.45, 7) is 10.5. The van der Waals surface area contributed by atoms with Crippen LogP contribution in [0.5, 0.6) is 0 Å². The lowest BCUT2D eigenvalue weighted by Gasteiger charge is -2.36. The summed E-state index contributed by atoms with van der Waals surface area (Å²) in [7, 11) is 0. The Morgan fingerprint density at radius 3 is 2.63 bits per heavy atom. The van der Waals surface area contributed by atoms with E-state index in [2.05, 4.69) is 31.0 Å². The van der Waals surface area contributed by atoms with Crippen LogP contribution in [0, 0.1) is 0 Å². The predicted octanol–water partition coefficient (Wildman–Crippen LogP) is 4.72. The van der Waals surface area contributed by atoms with Crippen molar-refractivity contribution in [2.24, 2.45) is 0 Å². The molecule has 0 saturated carbocycles. The Bertz CT molecular complexity index is 887. The third-order valence-electron chi connectivity index (χ3n) is 6.54. The van der Waals surface area contributed by atoms with Gasteiger partial charge in [-0.05, 0) is 44.1 Å². The normalized spacial score (nSPS) is 17.8. The van der Waals surface area contributed by atoms with Crippen LogP contribution >= 0.6 is 11.3 Å². The first-order valence-corrected chi connectivity index (χ1v) is 12.5. The lowest BCUT2D eigenvalue weighted by Crippen LogP contribution is -2.52. The molecule has 1 N–H and O–H groups in total. The van der Waals surface area contributed by atoms with Crippen molar-refractivity contribution in [2.75, 3.05) is 37.6 Å². The van der Waals surface area contributed by atoms with E-state index in [0.29, 0.717) is 5.92 Å². The van der Waals surface area contributed by atoms with Crippen molar-refractivity contribution in [1.82, 2.24) is 20.2 Å². The number of amides is 2. The lowest BCUT2D eigenvalue weighted by atomic mass is 9.96. The highest BCUT2D eigenvalue weighted by Crippen LogP contribution is 2.40. The van der Waals surface area contributed by atoms with E-state index < -0.39 is 0 Å². The van der Waals surface area contributed by atoms with Crippen molar-refractivity contribution in [1.29, 1.82) is 0 Å². The first kappa shape index (κ1) is 21.3. The highest BCUT2D eigenvalue weighted by atomic mass is 32.1. The van der Waals surface area contributed by atoms with Gasteiger partial charge >= 0.3 is 6.03 Å². The number of carbonyl (C=O) groups is 1. The number of aromatic nitrogens is 2. The van der Waals surface area contributed by atoms with Gasteiger partial charge in [0.2, 0.25) is 0 Å². The zero-order chi connectivity index (χ0) is 21.1. The van der Waals surface area contributed by atoms with Gasteiger partial charge in [-0.1, -0.05) is 27.2 Å². The number of piperazine rings is 1. The van der Waals surface area contributed by atoms with Gasteiger partial charge in [-0.2, -0.15) is 0 Å². The molecule has 1 aliphatic heterocycles. The summed E-state index contributed by atoms with van der Waals surface area (Å²) in [6, 6.07) is 0.0733. The Hall–Kier alpha value is -1.89. The van der Waals surface area contributed by atoms with Crippen LogP contribution in [0.15, 0.2) is 0 Å².